The molecule has 1 saturated carbocycles. The molecule has 1 aliphatic carbocycles. The number of rotatable bonds is 3. The van der Waals surface area contributed by atoms with E-state index in [0.29, 0.717) is 18.6 Å². The molecular weight excluding hydrogens is 152 g/mol. The van der Waals surface area contributed by atoms with E-state index in [-0.39, 0.29) is 6.10 Å². The SMILES string of the molecule is CC(O)CNC1CCC(N)CC1. The van der Waals surface area contributed by atoms with Crippen LogP contribution in [0.5, 0.6) is 0 Å². The molecule has 0 bridgehead atoms. The van der Waals surface area contributed by atoms with Gasteiger partial charge in [-0.1, -0.05) is 0 Å². The Bertz CT molecular complexity index is 120. The van der Waals surface area contributed by atoms with Gasteiger partial charge in [0.2, 0.25) is 0 Å². The molecular formula is C9H20N2O. The highest BCUT2D eigenvalue weighted by atomic mass is 16.3. The first-order chi connectivity index (χ1) is 5.68. The highest BCUT2D eigenvalue weighted by molar-refractivity contribution is 4.78. The van der Waals surface area contributed by atoms with Crippen molar-refractivity contribution in [1.82, 2.24) is 5.32 Å². The number of aliphatic hydroxyl groups is 1. The van der Waals surface area contributed by atoms with Crippen molar-refractivity contribution >= 4 is 0 Å². The predicted octanol–water partition coefficient (Wildman–Crippen LogP) is 0.227. The fraction of sp³-hybridized carbons (Fsp3) is 1.00. The molecule has 0 saturated heterocycles. The lowest BCUT2D eigenvalue weighted by atomic mass is 9.92. The maximum absolute atomic E-state index is 9.05. The van der Waals surface area contributed by atoms with Crippen LogP contribution in [0.4, 0.5) is 0 Å². The molecule has 0 aromatic carbocycles. The van der Waals surface area contributed by atoms with Crippen LogP contribution in [0.15, 0.2) is 0 Å². The normalized spacial score (nSPS) is 33.2. The van der Waals surface area contributed by atoms with E-state index in [0.717, 1.165) is 25.7 Å². The smallest absolute Gasteiger partial charge is 0.0636 e. The summed E-state index contributed by atoms with van der Waals surface area (Å²) in [6, 6.07) is 0.994. The third-order valence-corrected chi connectivity index (χ3v) is 2.47. The molecule has 1 atom stereocenters. The van der Waals surface area contributed by atoms with Gasteiger partial charge in [-0.15, -0.1) is 0 Å². The highest BCUT2D eigenvalue weighted by Crippen LogP contribution is 2.16. The molecule has 72 valence electrons. The molecule has 1 fully saturated rings. The minimum Gasteiger partial charge on any atom is -0.392 e. The molecule has 0 heterocycles. The molecule has 0 aliphatic heterocycles. The summed E-state index contributed by atoms with van der Waals surface area (Å²) < 4.78 is 0. The van der Waals surface area contributed by atoms with Crippen LogP contribution in [-0.4, -0.2) is 29.8 Å². The van der Waals surface area contributed by atoms with Gasteiger partial charge < -0.3 is 16.2 Å². The molecule has 0 aromatic rings. The Hall–Kier alpha value is -0.120. The van der Waals surface area contributed by atoms with Gasteiger partial charge in [0, 0.05) is 18.6 Å². The third-order valence-electron chi connectivity index (χ3n) is 2.47. The van der Waals surface area contributed by atoms with Crippen LogP contribution < -0.4 is 11.1 Å². The van der Waals surface area contributed by atoms with E-state index >= 15 is 0 Å². The van der Waals surface area contributed by atoms with Crippen LogP contribution in [0.1, 0.15) is 32.6 Å². The first kappa shape index (κ1) is 9.96. The van der Waals surface area contributed by atoms with Gasteiger partial charge in [-0.05, 0) is 32.6 Å². The number of nitrogens with two attached hydrogens (primary N) is 1. The number of hydrogen-bond donors (Lipinski definition) is 3. The first-order valence-electron chi connectivity index (χ1n) is 4.85. The first-order valence-corrected chi connectivity index (χ1v) is 4.85. The zero-order valence-corrected chi connectivity index (χ0v) is 7.79. The van der Waals surface area contributed by atoms with Gasteiger partial charge in [-0.3, -0.25) is 0 Å². The van der Waals surface area contributed by atoms with Crippen molar-refractivity contribution in [3.63, 3.8) is 0 Å². The average molecular weight is 172 g/mol. The van der Waals surface area contributed by atoms with Gasteiger partial charge in [0.15, 0.2) is 0 Å². The van der Waals surface area contributed by atoms with Crippen molar-refractivity contribution in [3.8, 4) is 0 Å². The van der Waals surface area contributed by atoms with E-state index in [9.17, 15) is 0 Å². The number of nitrogens with one attached hydrogen (secondary N) is 1. The minimum absolute atomic E-state index is 0.236. The lowest BCUT2D eigenvalue weighted by Crippen LogP contribution is -2.40. The lowest BCUT2D eigenvalue weighted by molar-refractivity contribution is 0.180. The summed E-state index contributed by atoms with van der Waals surface area (Å²) in [5.74, 6) is 0. The standard InChI is InChI=1S/C9H20N2O/c1-7(12)6-11-9-4-2-8(10)3-5-9/h7-9,11-12H,2-6,10H2,1H3. The Morgan fingerprint density at radius 3 is 2.50 bits per heavy atom. The summed E-state index contributed by atoms with van der Waals surface area (Å²) in [4.78, 5) is 0. The molecule has 1 aliphatic rings. The van der Waals surface area contributed by atoms with Crippen molar-refractivity contribution in [3.05, 3.63) is 0 Å². The molecule has 3 nitrogen and oxygen atoms in total. The molecule has 0 spiro atoms. The largest absolute Gasteiger partial charge is 0.392 e. The molecule has 0 amide bonds. The maximum atomic E-state index is 9.05. The Balaban J connectivity index is 2.09. The topological polar surface area (TPSA) is 58.3 Å². The molecule has 0 aromatic heterocycles. The van der Waals surface area contributed by atoms with Crippen LogP contribution in [0.2, 0.25) is 0 Å². The molecule has 12 heavy (non-hydrogen) atoms. The monoisotopic (exact) mass is 172 g/mol. The van der Waals surface area contributed by atoms with Gasteiger partial charge in [0.25, 0.3) is 0 Å². The van der Waals surface area contributed by atoms with Crippen LogP contribution >= 0.6 is 0 Å². The third kappa shape index (κ3) is 3.52. The van der Waals surface area contributed by atoms with Crippen LogP contribution in [0.3, 0.4) is 0 Å². The second-order valence-electron chi connectivity index (χ2n) is 3.87. The zero-order chi connectivity index (χ0) is 8.97. The fourth-order valence-electron chi connectivity index (χ4n) is 1.66. The average Bonchev–Trinajstić information content (AvgIpc) is 2.03. The lowest BCUT2D eigenvalue weighted by Gasteiger charge is -2.27. The van der Waals surface area contributed by atoms with Gasteiger partial charge in [0.1, 0.15) is 0 Å². The van der Waals surface area contributed by atoms with E-state index in [1.165, 1.54) is 0 Å². The Kier molecular flexibility index (Phi) is 3.98. The van der Waals surface area contributed by atoms with Crippen LogP contribution in [0.25, 0.3) is 0 Å². The molecule has 3 heteroatoms. The zero-order valence-electron chi connectivity index (χ0n) is 7.79. The van der Waals surface area contributed by atoms with Crippen LogP contribution in [0, 0.1) is 0 Å². The Morgan fingerprint density at radius 2 is 2.00 bits per heavy atom. The summed E-state index contributed by atoms with van der Waals surface area (Å²) >= 11 is 0. The van der Waals surface area contributed by atoms with Crippen molar-refractivity contribution in [2.75, 3.05) is 6.54 Å². The van der Waals surface area contributed by atoms with Gasteiger partial charge in [-0.2, -0.15) is 0 Å². The van der Waals surface area contributed by atoms with Gasteiger partial charge in [-0.25, -0.2) is 0 Å². The molecule has 4 N–H and O–H groups in total. The van der Waals surface area contributed by atoms with E-state index < -0.39 is 0 Å². The maximum Gasteiger partial charge on any atom is 0.0636 e. The predicted molar refractivity (Wildman–Crippen MR) is 49.9 cm³/mol. The second kappa shape index (κ2) is 4.80. The van der Waals surface area contributed by atoms with Crippen molar-refractivity contribution in [1.29, 1.82) is 0 Å². The van der Waals surface area contributed by atoms with Gasteiger partial charge >= 0.3 is 0 Å². The number of hydrogen-bond acceptors (Lipinski definition) is 3. The molecule has 0 radical (unpaired) electrons. The number of aliphatic hydroxyl groups excluding tert-OH is 1. The molecule has 1 rings (SSSR count). The second-order valence-corrected chi connectivity index (χ2v) is 3.87. The summed E-state index contributed by atoms with van der Waals surface area (Å²) in [5, 5.41) is 12.4. The molecule has 1 unspecified atom stereocenters. The van der Waals surface area contributed by atoms with Crippen molar-refractivity contribution in [2.24, 2.45) is 5.73 Å². The highest BCUT2D eigenvalue weighted by Gasteiger charge is 2.17. The quantitative estimate of drug-likeness (QED) is 0.571. The Morgan fingerprint density at radius 1 is 1.42 bits per heavy atom. The fourth-order valence-corrected chi connectivity index (χ4v) is 1.66. The van der Waals surface area contributed by atoms with E-state index in [4.69, 9.17) is 10.8 Å². The van der Waals surface area contributed by atoms with E-state index in [1.807, 2.05) is 6.92 Å². The van der Waals surface area contributed by atoms with Gasteiger partial charge in [0.05, 0.1) is 6.10 Å². The van der Waals surface area contributed by atoms with Crippen molar-refractivity contribution in [2.45, 2.75) is 50.8 Å². The van der Waals surface area contributed by atoms with Crippen LogP contribution in [-0.2, 0) is 0 Å². The van der Waals surface area contributed by atoms with E-state index in [2.05, 4.69) is 5.32 Å². The summed E-state index contributed by atoms with van der Waals surface area (Å²) in [5.41, 5.74) is 5.78. The Labute approximate surface area is 74.3 Å². The van der Waals surface area contributed by atoms with Crippen molar-refractivity contribution < 1.29 is 5.11 Å². The summed E-state index contributed by atoms with van der Waals surface area (Å²) in [7, 11) is 0. The minimum atomic E-state index is -0.236. The summed E-state index contributed by atoms with van der Waals surface area (Å²) in [6.45, 7) is 2.52. The summed E-state index contributed by atoms with van der Waals surface area (Å²) in [6.07, 6.45) is 4.33. The van der Waals surface area contributed by atoms with E-state index in [1.54, 1.807) is 0 Å².